The van der Waals surface area contributed by atoms with Crippen LogP contribution in [0.1, 0.15) is 36.7 Å². The van der Waals surface area contributed by atoms with Crippen molar-refractivity contribution in [2.75, 3.05) is 16.8 Å². The lowest BCUT2D eigenvalue weighted by Gasteiger charge is -2.35. The average molecular weight is 429 g/mol. The molecule has 1 aliphatic heterocycles. The summed E-state index contributed by atoms with van der Waals surface area (Å²) in [5.74, 6) is 0.498. The molecule has 0 bridgehead atoms. The minimum Gasteiger partial charge on any atom is -0.451 e. The van der Waals surface area contributed by atoms with E-state index in [0.717, 1.165) is 17.8 Å². The monoisotopic (exact) mass is 428 g/mol. The lowest BCUT2D eigenvalue weighted by atomic mass is 10.0. The SMILES string of the molecule is C[C@@H]1CCCCN1c1ccc(NC(=O)c2ccc(-c3ccc(Cl)c(Cl)c3)o2)cc1. The molecule has 0 saturated carbocycles. The summed E-state index contributed by atoms with van der Waals surface area (Å²) in [7, 11) is 0. The molecule has 0 radical (unpaired) electrons. The molecular formula is C23H22Cl2N2O2. The molecule has 1 amide bonds. The van der Waals surface area contributed by atoms with E-state index < -0.39 is 0 Å². The van der Waals surface area contributed by atoms with Gasteiger partial charge in [-0.25, -0.2) is 0 Å². The molecule has 2 heterocycles. The number of nitrogens with zero attached hydrogens (tertiary/aromatic N) is 1. The van der Waals surface area contributed by atoms with Crippen LogP contribution >= 0.6 is 23.2 Å². The van der Waals surface area contributed by atoms with Crippen LogP contribution in [0.4, 0.5) is 11.4 Å². The maximum Gasteiger partial charge on any atom is 0.291 e. The second kappa shape index (κ2) is 8.52. The van der Waals surface area contributed by atoms with Gasteiger partial charge in [0, 0.05) is 29.5 Å². The summed E-state index contributed by atoms with van der Waals surface area (Å²) < 4.78 is 5.71. The van der Waals surface area contributed by atoms with E-state index in [1.54, 1.807) is 30.3 Å². The number of piperidine rings is 1. The lowest BCUT2D eigenvalue weighted by molar-refractivity contribution is 0.0997. The van der Waals surface area contributed by atoms with E-state index in [2.05, 4.69) is 29.3 Å². The lowest BCUT2D eigenvalue weighted by Crippen LogP contribution is -2.37. The Morgan fingerprint density at radius 3 is 2.55 bits per heavy atom. The van der Waals surface area contributed by atoms with Crippen molar-refractivity contribution < 1.29 is 9.21 Å². The largest absolute Gasteiger partial charge is 0.451 e. The van der Waals surface area contributed by atoms with Gasteiger partial charge in [0.15, 0.2) is 5.76 Å². The van der Waals surface area contributed by atoms with Crippen molar-refractivity contribution in [3.63, 3.8) is 0 Å². The van der Waals surface area contributed by atoms with Crippen LogP contribution < -0.4 is 10.2 Å². The number of rotatable bonds is 4. The molecule has 29 heavy (non-hydrogen) atoms. The molecule has 1 fully saturated rings. The van der Waals surface area contributed by atoms with E-state index in [9.17, 15) is 4.79 Å². The molecule has 1 aromatic heterocycles. The molecule has 0 spiro atoms. The summed E-state index contributed by atoms with van der Waals surface area (Å²) in [5.41, 5.74) is 2.68. The summed E-state index contributed by atoms with van der Waals surface area (Å²) in [5, 5.41) is 3.80. The van der Waals surface area contributed by atoms with Crippen LogP contribution in [-0.4, -0.2) is 18.5 Å². The zero-order valence-corrected chi connectivity index (χ0v) is 17.6. The predicted octanol–water partition coefficient (Wildman–Crippen LogP) is 6.88. The molecule has 150 valence electrons. The first kappa shape index (κ1) is 19.9. The molecule has 1 saturated heterocycles. The minimum atomic E-state index is -0.296. The van der Waals surface area contributed by atoms with E-state index in [1.807, 2.05) is 12.1 Å². The smallest absolute Gasteiger partial charge is 0.291 e. The van der Waals surface area contributed by atoms with Crippen LogP contribution in [0.25, 0.3) is 11.3 Å². The number of nitrogens with one attached hydrogen (secondary N) is 1. The van der Waals surface area contributed by atoms with Gasteiger partial charge in [0.05, 0.1) is 10.0 Å². The first-order chi connectivity index (χ1) is 14.0. The summed E-state index contributed by atoms with van der Waals surface area (Å²) in [6.45, 7) is 3.34. The highest BCUT2D eigenvalue weighted by Crippen LogP contribution is 2.30. The van der Waals surface area contributed by atoms with E-state index in [1.165, 1.54) is 24.9 Å². The highest BCUT2D eigenvalue weighted by molar-refractivity contribution is 6.42. The Morgan fingerprint density at radius 2 is 1.83 bits per heavy atom. The van der Waals surface area contributed by atoms with Crippen LogP contribution in [0.2, 0.25) is 10.0 Å². The Hall–Kier alpha value is -2.43. The average Bonchev–Trinajstić information content (AvgIpc) is 3.22. The number of benzene rings is 2. The van der Waals surface area contributed by atoms with Crippen LogP contribution in [0, 0.1) is 0 Å². The normalized spacial score (nSPS) is 16.7. The van der Waals surface area contributed by atoms with Crippen molar-refractivity contribution in [1.29, 1.82) is 0 Å². The molecule has 4 rings (SSSR count). The molecule has 1 aliphatic rings. The van der Waals surface area contributed by atoms with Crippen molar-refractivity contribution in [3.8, 4) is 11.3 Å². The Bertz CT molecular complexity index is 1010. The summed E-state index contributed by atoms with van der Waals surface area (Å²) >= 11 is 12.0. The third kappa shape index (κ3) is 4.44. The van der Waals surface area contributed by atoms with Crippen molar-refractivity contribution in [2.45, 2.75) is 32.2 Å². The van der Waals surface area contributed by atoms with Gasteiger partial charge in [-0.1, -0.05) is 23.2 Å². The molecule has 1 N–H and O–H groups in total. The number of anilines is 2. The van der Waals surface area contributed by atoms with Crippen molar-refractivity contribution in [3.05, 3.63) is 70.4 Å². The maximum atomic E-state index is 12.6. The van der Waals surface area contributed by atoms with Gasteiger partial charge in [-0.05, 0) is 80.8 Å². The standard InChI is InChI=1S/C23H22Cl2N2O2/c1-15-4-2-3-13-27(15)18-8-6-17(7-9-18)26-23(28)22-12-11-21(29-22)16-5-10-19(24)20(25)14-16/h5-12,14-15H,2-4,13H2,1H3,(H,26,28)/t15-/m1/s1. The van der Waals surface area contributed by atoms with Gasteiger partial charge >= 0.3 is 0 Å². The number of furan rings is 1. The fourth-order valence-electron chi connectivity index (χ4n) is 3.68. The van der Waals surface area contributed by atoms with Crippen molar-refractivity contribution >= 4 is 40.5 Å². The third-order valence-corrected chi connectivity index (χ3v) is 6.03. The zero-order chi connectivity index (χ0) is 20.4. The molecule has 0 unspecified atom stereocenters. The number of halogens is 2. The van der Waals surface area contributed by atoms with Gasteiger partial charge in [0.1, 0.15) is 5.76 Å². The molecule has 4 nitrogen and oxygen atoms in total. The molecular weight excluding hydrogens is 407 g/mol. The Balaban J connectivity index is 1.44. The van der Waals surface area contributed by atoms with E-state index >= 15 is 0 Å². The van der Waals surface area contributed by atoms with E-state index in [4.69, 9.17) is 27.6 Å². The highest BCUT2D eigenvalue weighted by atomic mass is 35.5. The summed E-state index contributed by atoms with van der Waals surface area (Å²) in [6.07, 6.45) is 3.74. The topological polar surface area (TPSA) is 45.5 Å². The molecule has 0 aliphatic carbocycles. The highest BCUT2D eigenvalue weighted by Gasteiger charge is 2.19. The Labute approximate surface area is 180 Å². The molecule has 2 aromatic carbocycles. The molecule has 3 aromatic rings. The van der Waals surface area contributed by atoms with Crippen molar-refractivity contribution in [1.82, 2.24) is 0 Å². The van der Waals surface area contributed by atoms with Gasteiger partial charge in [0.2, 0.25) is 0 Å². The fourth-order valence-corrected chi connectivity index (χ4v) is 3.97. The zero-order valence-electron chi connectivity index (χ0n) is 16.1. The Kier molecular flexibility index (Phi) is 5.84. The second-order valence-corrected chi connectivity index (χ2v) is 8.15. The van der Waals surface area contributed by atoms with Gasteiger partial charge < -0.3 is 14.6 Å². The van der Waals surface area contributed by atoms with Crippen LogP contribution in [-0.2, 0) is 0 Å². The molecule has 1 atom stereocenters. The number of hydrogen-bond acceptors (Lipinski definition) is 3. The van der Waals surface area contributed by atoms with Crippen molar-refractivity contribution in [2.24, 2.45) is 0 Å². The van der Waals surface area contributed by atoms with Crippen LogP contribution in [0.5, 0.6) is 0 Å². The van der Waals surface area contributed by atoms with E-state index in [0.29, 0.717) is 21.8 Å². The maximum absolute atomic E-state index is 12.6. The third-order valence-electron chi connectivity index (χ3n) is 5.29. The minimum absolute atomic E-state index is 0.236. The number of hydrogen-bond donors (Lipinski definition) is 1. The predicted molar refractivity (Wildman–Crippen MR) is 119 cm³/mol. The number of carbonyl (C=O) groups is 1. The fraction of sp³-hybridized carbons (Fsp3) is 0.261. The van der Waals surface area contributed by atoms with Gasteiger partial charge in [-0.3, -0.25) is 4.79 Å². The quantitative estimate of drug-likeness (QED) is 0.492. The van der Waals surface area contributed by atoms with Gasteiger partial charge in [-0.15, -0.1) is 0 Å². The number of carbonyl (C=O) groups excluding carboxylic acids is 1. The van der Waals surface area contributed by atoms with E-state index in [-0.39, 0.29) is 11.7 Å². The van der Waals surface area contributed by atoms with Crippen LogP contribution in [0.3, 0.4) is 0 Å². The Morgan fingerprint density at radius 1 is 1.03 bits per heavy atom. The van der Waals surface area contributed by atoms with Gasteiger partial charge in [-0.2, -0.15) is 0 Å². The molecule has 6 heteroatoms. The van der Waals surface area contributed by atoms with Crippen LogP contribution in [0.15, 0.2) is 59.0 Å². The summed E-state index contributed by atoms with van der Waals surface area (Å²) in [6, 6.07) is 17.1. The summed E-state index contributed by atoms with van der Waals surface area (Å²) in [4.78, 5) is 15.0. The number of amides is 1. The first-order valence-corrected chi connectivity index (χ1v) is 10.5. The second-order valence-electron chi connectivity index (χ2n) is 7.33. The first-order valence-electron chi connectivity index (χ1n) is 9.74. The van der Waals surface area contributed by atoms with Gasteiger partial charge in [0.25, 0.3) is 5.91 Å².